The molecule has 1 amide bonds. The lowest BCUT2D eigenvalue weighted by Crippen LogP contribution is -2.19. The van der Waals surface area contributed by atoms with Crippen LogP contribution in [-0.4, -0.2) is 18.0 Å². The van der Waals surface area contributed by atoms with Crippen molar-refractivity contribution in [2.45, 2.75) is 13.0 Å². The summed E-state index contributed by atoms with van der Waals surface area (Å²) in [5.41, 5.74) is 7.37. The van der Waals surface area contributed by atoms with Crippen LogP contribution in [0.1, 0.15) is 28.9 Å². The molecule has 7 heteroatoms. The number of rotatable bonds is 5. The van der Waals surface area contributed by atoms with Crippen LogP contribution in [-0.2, 0) is 0 Å². The number of benzene rings is 2. The molecule has 0 aliphatic carbocycles. The Labute approximate surface area is 154 Å². The molecule has 1 heterocycles. The Morgan fingerprint density at radius 3 is 2.73 bits per heavy atom. The molecule has 6 nitrogen and oxygen atoms in total. The fraction of sp³-hybridized carbons (Fsp3) is 0.158. The van der Waals surface area contributed by atoms with E-state index >= 15 is 0 Å². The fourth-order valence-electron chi connectivity index (χ4n) is 2.79. The highest BCUT2D eigenvalue weighted by molar-refractivity contribution is 6.32. The number of ether oxygens (including phenoxy) is 1. The normalized spacial score (nSPS) is 12.0. The van der Waals surface area contributed by atoms with Crippen LogP contribution in [0, 0.1) is 0 Å². The molecule has 0 aliphatic rings. The third-order valence-electron chi connectivity index (χ3n) is 4.14. The topological polar surface area (TPSA) is 97.2 Å². The van der Waals surface area contributed by atoms with Gasteiger partial charge in [-0.3, -0.25) is 9.59 Å². The van der Waals surface area contributed by atoms with E-state index in [1.165, 1.54) is 7.11 Å². The minimum Gasteiger partial charge on any atom is -0.495 e. The molecule has 134 valence electrons. The summed E-state index contributed by atoms with van der Waals surface area (Å²) >= 11 is 6.18. The predicted molar refractivity (Wildman–Crippen MR) is 103 cm³/mol. The average Bonchev–Trinajstić information content (AvgIpc) is 2.61. The van der Waals surface area contributed by atoms with Crippen LogP contribution >= 0.6 is 11.6 Å². The number of amides is 1. The maximum atomic E-state index is 12.5. The number of pyridine rings is 1. The Balaban J connectivity index is 1.96. The van der Waals surface area contributed by atoms with E-state index in [1.807, 2.05) is 6.92 Å². The lowest BCUT2D eigenvalue weighted by molar-refractivity contribution is 0.100. The first-order valence-electron chi connectivity index (χ1n) is 7.96. The molecule has 3 aromatic rings. The van der Waals surface area contributed by atoms with E-state index in [2.05, 4.69) is 10.3 Å². The van der Waals surface area contributed by atoms with Crippen molar-refractivity contribution in [1.82, 2.24) is 4.98 Å². The third kappa shape index (κ3) is 3.50. The van der Waals surface area contributed by atoms with Gasteiger partial charge < -0.3 is 20.8 Å². The maximum Gasteiger partial charge on any atom is 0.253 e. The van der Waals surface area contributed by atoms with E-state index in [-0.39, 0.29) is 11.6 Å². The molecule has 1 aromatic heterocycles. The first-order valence-corrected chi connectivity index (χ1v) is 8.33. The van der Waals surface area contributed by atoms with Gasteiger partial charge in [0.05, 0.1) is 23.7 Å². The number of aromatic amines is 1. The van der Waals surface area contributed by atoms with Crippen molar-refractivity contribution in [3.8, 4) is 5.75 Å². The standard InChI is InChI=1S/C19H18ClN3O3/c1-10(22-13-5-3-4-11(6-13)18(21)24)14-7-12-8-15(20)17(26-2)9-16(12)23-19(14)25/h3-10,22H,1-2H3,(H2,21,24)(H,23,25)/t10-/m0/s1. The van der Waals surface area contributed by atoms with E-state index in [4.69, 9.17) is 22.1 Å². The number of primary amides is 1. The Morgan fingerprint density at radius 1 is 1.27 bits per heavy atom. The molecule has 26 heavy (non-hydrogen) atoms. The lowest BCUT2D eigenvalue weighted by Gasteiger charge is -2.16. The molecule has 0 saturated heterocycles. The number of hydrogen-bond donors (Lipinski definition) is 3. The van der Waals surface area contributed by atoms with Gasteiger partial charge in [0.25, 0.3) is 5.56 Å². The van der Waals surface area contributed by atoms with Gasteiger partial charge in [-0.15, -0.1) is 0 Å². The Bertz CT molecular complexity index is 1050. The molecule has 0 radical (unpaired) electrons. The molecular weight excluding hydrogens is 354 g/mol. The van der Waals surface area contributed by atoms with Crippen molar-refractivity contribution in [3.63, 3.8) is 0 Å². The average molecular weight is 372 g/mol. The van der Waals surface area contributed by atoms with Crippen LogP contribution in [0.2, 0.25) is 5.02 Å². The molecule has 1 atom stereocenters. The van der Waals surface area contributed by atoms with Crippen LogP contribution in [0.15, 0.2) is 47.3 Å². The second-order valence-corrected chi connectivity index (χ2v) is 6.35. The van der Waals surface area contributed by atoms with E-state index in [9.17, 15) is 9.59 Å². The van der Waals surface area contributed by atoms with Crippen LogP contribution in [0.4, 0.5) is 5.69 Å². The van der Waals surface area contributed by atoms with E-state index in [0.717, 1.165) is 5.39 Å². The zero-order valence-electron chi connectivity index (χ0n) is 14.3. The molecule has 0 fully saturated rings. The molecule has 3 rings (SSSR count). The zero-order chi connectivity index (χ0) is 18.8. The van der Waals surface area contributed by atoms with E-state index in [0.29, 0.717) is 33.1 Å². The van der Waals surface area contributed by atoms with Gasteiger partial charge in [0, 0.05) is 28.3 Å². The third-order valence-corrected chi connectivity index (χ3v) is 4.44. The van der Waals surface area contributed by atoms with Crippen LogP contribution < -0.4 is 21.3 Å². The number of carbonyl (C=O) groups excluding carboxylic acids is 1. The molecular formula is C19H18ClN3O3. The lowest BCUT2D eigenvalue weighted by atomic mass is 10.1. The van der Waals surface area contributed by atoms with Crippen LogP contribution in [0.5, 0.6) is 5.75 Å². The molecule has 0 saturated carbocycles. The van der Waals surface area contributed by atoms with Crippen molar-refractivity contribution in [3.05, 3.63) is 69.0 Å². The summed E-state index contributed by atoms with van der Waals surface area (Å²) in [7, 11) is 1.52. The van der Waals surface area contributed by atoms with Crippen molar-refractivity contribution in [1.29, 1.82) is 0 Å². The van der Waals surface area contributed by atoms with Crippen LogP contribution in [0.25, 0.3) is 10.9 Å². The number of hydrogen-bond acceptors (Lipinski definition) is 4. The highest BCUT2D eigenvalue weighted by Gasteiger charge is 2.13. The van der Waals surface area contributed by atoms with Gasteiger partial charge in [-0.25, -0.2) is 0 Å². The second kappa shape index (κ2) is 7.09. The van der Waals surface area contributed by atoms with Crippen molar-refractivity contribution < 1.29 is 9.53 Å². The number of anilines is 1. The van der Waals surface area contributed by atoms with Gasteiger partial charge in [-0.2, -0.15) is 0 Å². The number of nitrogens with one attached hydrogen (secondary N) is 2. The summed E-state index contributed by atoms with van der Waals surface area (Å²) in [6.07, 6.45) is 0. The number of aromatic nitrogens is 1. The predicted octanol–water partition coefficient (Wildman–Crippen LogP) is 3.46. The van der Waals surface area contributed by atoms with Gasteiger partial charge in [0.1, 0.15) is 5.75 Å². The van der Waals surface area contributed by atoms with E-state index < -0.39 is 5.91 Å². The zero-order valence-corrected chi connectivity index (χ0v) is 15.1. The van der Waals surface area contributed by atoms with Gasteiger partial charge in [0.2, 0.25) is 5.91 Å². The maximum absolute atomic E-state index is 12.5. The fourth-order valence-corrected chi connectivity index (χ4v) is 3.04. The molecule has 0 bridgehead atoms. The number of methoxy groups -OCH3 is 1. The van der Waals surface area contributed by atoms with Gasteiger partial charge in [0.15, 0.2) is 0 Å². The number of H-pyrrole nitrogens is 1. The van der Waals surface area contributed by atoms with Gasteiger partial charge >= 0.3 is 0 Å². The Hall–Kier alpha value is -2.99. The van der Waals surface area contributed by atoms with E-state index in [1.54, 1.807) is 42.5 Å². The van der Waals surface area contributed by atoms with Gasteiger partial charge in [-0.1, -0.05) is 17.7 Å². The molecule has 0 spiro atoms. The van der Waals surface area contributed by atoms with Crippen molar-refractivity contribution >= 4 is 34.1 Å². The second-order valence-electron chi connectivity index (χ2n) is 5.94. The summed E-state index contributed by atoms with van der Waals surface area (Å²) in [4.78, 5) is 26.6. The molecule has 0 unspecified atom stereocenters. The van der Waals surface area contributed by atoms with Crippen molar-refractivity contribution in [2.75, 3.05) is 12.4 Å². The smallest absolute Gasteiger partial charge is 0.253 e. The molecule has 4 N–H and O–H groups in total. The first-order chi connectivity index (χ1) is 12.4. The van der Waals surface area contributed by atoms with Gasteiger partial charge in [-0.05, 0) is 37.3 Å². The number of fused-ring (bicyclic) bond motifs is 1. The quantitative estimate of drug-likeness (QED) is 0.639. The molecule has 2 aromatic carbocycles. The highest BCUT2D eigenvalue weighted by Crippen LogP contribution is 2.29. The minimum absolute atomic E-state index is 0.215. The minimum atomic E-state index is -0.506. The monoisotopic (exact) mass is 371 g/mol. The summed E-state index contributed by atoms with van der Waals surface area (Å²) in [5.74, 6) is -0.00884. The SMILES string of the molecule is COc1cc2[nH]c(=O)c([C@H](C)Nc3cccc(C(N)=O)c3)cc2cc1Cl. The number of carbonyl (C=O) groups is 1. The summed E-state index contributed by atoms with van der Waals surface area (Å²) in [6, 6.07) is 11.7. The van der Waals surface area contributed by atoms with Crippen LogP contribution in [0.3, 0.4) is 0 Å². The Kier molecular flexibility index (Phi) is 4.86. The number of nitrogens with two attached hydrogens (primary N) is 1. The largest absolute Gasteiger partial charge is 0.495 e. The number of halogens is 1. The summed E-state index contributed by atoms with van der Waals surface area (Å²) in [5, 5.41) is 4.47. The first kappa shape index (κ1) is 17.8. The molecule has 0 aliphatic heterocycles. The summed E-state index contributed by atoms with van der Waals surface area (Å²) < 4.78 is 5.18. The highest BCUT2D eigenvalue weighted by atomic mass is 35.5. The Morgan fingerprint density at radius 2 is 2.04 bits per heavy atom. The van der Waals surface area contributed by atoms with Crippen molar-refractivity contribution in [2.24, 2.45) is 5.73 Å². The summed E-state index contributed by atoms with van der Waals surface area (Å²) in [6.45, 7) is 1.86.